The van der Waals surface area contributed by atoms with E-state index < -0.39 is 73.0 Å². The summed E-state index contributed by atoms with van der Waals surface area (Å²) in [6.45, 7) is -0.466. The lowest BCUT2D eigenvalue weighted by Crippen LogP contribution is -2.63. The molecule has 1 fully saturated rings. The first kappa shape index (κ1) is 38.7. The third-order valence-electron chi connectivity index (χ3n) is 9.34. The van der Waals surface area contributed by atoms with E-state index in [2.05, 4.69) is 0 Å². The van der Waals surface area contributed by atoms with Gasteiger partial charge in [-0.15, -0.1) is 0 Å². The Morgan fingerprint density at radius 1 is 0.600 bits per heavy atom. The largest absolute Gasteiger partial charge is 0.493 e. The number of fused-ring (bicyclic) bond motifs is 4. The first-order valence-electron chi connectivity index (χ1n) is 17.0. The van der Waals surface area contributed by atoms with Gasteiger partial charge in [0.2, 0.25) is 11.5 Å². The molecule has 0 amide bonds. The van der Waals surface area contributed by atoms with Crippen molar-refractivity contribution in [2.75, 3.05) is 56.4 Å². The van der Waals surface area contributed by atoms with Crippen LogP contribution < -0.4 is 28.4 Å². The van der Waals surface area contributed by atoms with Crippen LogP contribution in [0.25, 0.3) is 11.1 Å². The summed E-state index contributed by atoms with van der Waals surface area (Å²) in [5, 5.41) is 0. The van der Waals surface area contributed by atoms with Gasteiger partial charge in [-0.3, -0.25) is 9.59 Å². The van der Waals surface area contributed by atoms with E-state index >= 15 is 0 Å². The highest BCUT2D eigenvalue weighted by Crippen LogP contribution is 2.55. The minimum atomic E-state index is -1.61. The third-order valence-corrected chi connectivity index (χ3v) is 9.34. The van der Waals surface area contributed by atoms with Crippen LogP contribution in [0.3, 0.4) is 0 Å². The molecule has 16 nitrogen and oxygen atoms in total. The summed E-state index contributed by atoms with van der Waals surface area (Å²) < 4.78 is 69.9. The van der Waals surface area contributed by atoms with E-state index in [1.54, 1.807) is 48.6 Å². The molecular formula is C39H40O16. The molecule has 0 N–H and O–H groups in total. The zero-order valence-electron chi connectivity index (χ0n) is 31.1. The van der Waals surface area contributed by atoms with Crippen LogP contribution in [0.1, 0.15) is 20.7 Å². The van der Waals surface area contributed by atoms with Crippen LogP contribution >= 0.6 is 0 Å². The van der Waals surface area contributed by atoms with E-state index in [1.807, 2.05) is 0 Å². The zero-order chi connectivity index (χ0) is 39.4. The molecule has 0 spiro atoms. The van der Waals surface area contributed by atoms with Crippen LogP contribution in [0.15, 0.2) is 60.7 Å². The molecule has 4 aliphatic rings. The summed E-state index contributed by atoms with van der Waals surface area (Å²) in [6, 6.07) is 2.68. The second-order valence-corrected chi connectivity index (χ2v) is 12.3. The lowest BCUT2D eigenvalue weighted by Gasteiger charge is -2.44. The van der Waals surface area contributed by atoms with Crippen molar-refractivity contribution < 1.29 is 76.0 Å². The molecule has 0 unspecified atom stereocenters. The van der Waals surface area contributed by atoms with Gasteiger partial charge in [-0.25, -0.2) is 9.59 Å². The first-order chi connectivity index (χ1) is 26.6. The van der Waals surface area contributed by atoms with Crippen molar-refractivity contribution in [1.29, 1.82) is 0 Å². The molecule has 0 bridgehead atoms. The van der Waals surface area contributed by atoms with Crippen molar-refractivity contribution in [3.05, 3.63) is 71.9 Å². The van der Waals surface area contributed by atoms with Crippen molar-refractivity contribution in [3.8, 4) is 45.6 Å². The Bertz CT molecular complexity index is 1940. The van der Waals surface area contributed by atoms with Crippen molar-refractivity contribution in [1.82, 2.24) is 0 Å². The Kier molecular flexibility index (Phi) is 11.7. The van der Waals surface area contributed by atoms with Crippen LogP contribution in [0, 0.1) is 11.8 Å². The minimum absolute atomic E-state index is 0.0124. The van der Waals surface area contributed by atoms with Crippen molar-refractivity contribution >= 4 is 23.9 Å². The highest BCUT2D eigenvalue weighted by atomic mass is 16.7. The van der Waals surface area contributed by atoms with Gasteiger partial charge >= 0.3 is 23.9 Å². The van der Waals surface area contributed by atoms with Crippen molar-refractivity contribution in [2.24, 2.45) is 11.8 Å². The molecule has 2 heterocycles. The first-order valence-corrected chi connectivity index (χ1v) is 17.0. The molecule has 0 aromatic heterocycles. The molecule has 16 heteroatoms. The fourth-order valence-corrected chi connectivity index (χ4v) is 6.76. The van der Waals surface area contributed by atoms with Crippen molar-refractivity contribution in [3.63, 3.8) is 0 Å². The second-order valence-electron chi connectivity index (χ2n) is 12.3. The molecule has 2 aromatic carbocycles. The standard InChI is InChI=1S/C39H40O16/c1-44-23-16-21-26(31(48-5)28(23)46-3)27-22(17-24(45-2)29(47-4)32(27)49-6)38(43)55-34-33(54-37(21)42)30(53-36(41)20-14-10-11-15-20)25(52-39(34)50-7)18-51-35(40)19-12-8-9-13-19/h8-17,19-20,25,30,33-34,39H,18H2,1-7H3/t25-,30-,33+,34-,39+/m1/s1. The molecule has 2 aliphatic carbocycles. The number of allylic oxidation sites excluding steroid dienone is 4. The molecule has 2 aliphatic heterocycles. The molecule has 5 atom stereocenters. The van der Waals surface area contributed by atoms with Crippen LogP contribution in [-0.4, -0.2) is 111 Å². The van der Waals surface area contributed by atoms with Crippen LogP contribution in [-0.2, 0) is 38.0 Å². The van der Waals surface area contributed by atoms with Gasteiger partial charge in [-0.05, 0) is 12.1 Å². The van der Waals surface area contributed by atoms with E-state index in [9.17, 15) is 19.2 Å². The molecule has 292 valence electrons. The summed E-state index contributed by atoms with van der Waals surface area (Å²) in [5.41, 5.74) is -0.402. The van der Waals surface area contributed by atoms with Gasteiger partial charge < -0.3 is 56.8 Å². The minimum Gasteiger partial charge on any atom is -0.493 e. The number of carbonyl (C=O) groups is 4. The highest BCUT2D eigenvalue weighted by molar-refractivity contribution is 6.09. The Labute approximate surface area is 316 Å². The van der Waals surface area contributed by atoms with E-state index in [4.69, 9.17) is 56.8 Å². The predicted octanol–water partition coefficient (Wildman–Crippen LogP) is 3.78. The fraction of sp³-hybridized carbons (Fsp3) is 0.385. The smallest absolute Gasteiger partial charge is 0.339 e. The topological polar surface area (TPSA) is 179 Å². The van der Waals surface area contributed by atoms with Gasteiger partial charge in [0.05, 0.1) is 65.6 Å². The summed E-state index contributed by atoms with van der Waals surface area (Å²) in [6.07, 6.45) is 5.79. The predicted molar refractivity (Wildman–Crippen MR) is 190 cm³/mol. The maximum Gasteiger partial charge on any atom is 0.339 e. The number of benzene rings is 2. The molecule has 2 aromatic rings. The SMILES string of the molecule is COc1cc2c(c(OC)c1OC)-c1c(cc(OC)c(OC)c1OC)C(=O)O[C@H]1[C@@H](OC)O[C@H](COC(=O)C3C=CC=C3)[C@@H](OC(=O)C3C=CC=C3)[C@@H]1OC2=O. The number of esters is 4. The van der Waals surface area contributed by atoms with Gasteiger partial charge in [-0.1, -0.05) is 48.6 Å². The van der Waals surface area contributed by atoms with Gasteiger partial charge in [0, 0.05) is 18.2 Å². The molecule has 1 saturated heterocycles. The number of ether oxygens (including phenoxy) is 12. The number of carbonyl (C=O) groups excluding carboxylic acids is 4. The lowest BCUT2D eigenvalue weighted by molar-refractivity contribution is -0.296. The zero-order valence-corrected chi connectivity index (χ0v) is 31.1. The van der Waals surface area contributed by atoms with E-state index in [1.165, 1.54) is 61.9 Å². The van der Waals surface area contributed by atoms with Gasteiger partial charge in [0.25, 0.3) is 0 Å². The highest BCUT2D eigenvalue weighted by Gasteiger charge is 2.54. The van der Waals surface area contributed by atoms with E-state index in [0.717, 1.165) is 0 Å². The monoisotopic (exact) mass is 764 g/mol. The van der Waals surface area contributed by atoms with E-state index in [-0.39, 0.29) is 56.8 Å². The average Bonchev–Trinajstić information content (AvgIpc) is 3.95. The van der Waals surface area contributed by atoms with Crippen molar-refractivity contribution in [2.45, 2.75) is 30.7 Å². The number of methoxy groups -OCH3 is 7. The summed E-state index contributed by atoms with van der Waals surface area (Å²) in [7, 11) is 9.39. The maximum atomic E-state index is 14.8. The number of hydrogen-bond acceptors (Lipinski definition) is 16. The fourth-order valence-electron chi connectivity index (χ4n) is 6.76. The number of hydrogen-bond donors (Lipinski definition) is 0. The van der Waals surface area contributed by atoms with E-state index in [0.29, 0.717) is 0 Å². The Balaban J connectivity index is 1.56. The third kappa shape index (κ3) is 7.17. The Morgan fingerprint density at radius 2 is 1.05 bits per heavy atom. The summed E-state index contributed by atoms with van der Waals surface area (Å²) >= 11 is 0. The van der Waals surface area contributed by atoms with Gasteiger partial charge in [0.15, 0.2) is 47.6 Å². The molecule has 0 saturated carbocycles. The van der Waals surface area contributed by atoms with Crippen LogP contribution in [0.5, 0.6) is 34.5 Å². The lowest BCUT2D eigenvalue weighted by atomic mass is 9.90. The average molecular weight is 765 g/mol. The number of rotatable bonds is 12. The Hall–Kier alpha value is -6.00. The van der Waals surface area contributed by atoms with Crippen LogP contribution in [0.2, 0.25) is 0 Å². The summed E-state index contributed by atoms with van der Waals surface area (Å²) in [4.78, 5) is 55.9. The summed E-state index contributed by atoms with van der Waals surface area (Å²) in [5.74, 6) is -4.61. The van der Waals surface area contributed by atoms with Gasteiger partial charge in [-0.2, -0.15) is 0 Å². The molecule has 6 rings (SSSR count). The normalized spacial score (nSPS) is 22.8. The molecule has 55 heavy (non-hydrogen) atoms. The molecule has 0 radical (unpaired) electrons. The van der Waals surface area contributed by atoms with Crippen LogP contribution in [0.4, 0.5) is 0 Å². The Morgan fingerprint density at radius 3 is 1.49 bits per heavy atom. The molecular weight excluding hydrogens is 724 g/mol. The second kappa shape index (κ2) is 16.6. The van der Waals surface area contributed by atoms with Gasteiger partial charge in [0.1, 0.15) is 12.7 Å². The quantitative estimate of drug-likeness (QED) is 0.225. The maximum absolute atomic E-state index is 14.8.